The van der Waals surface area contributed by atoms with Gasteiger partial charge in [-0.05, 0) is 13.3 Å². The van der Waals surface area contributed by atoms with E-state index in [9.17, 15) is 0 Å². The summed E-state index contributed by atoms with van der Waals surface area (Å²) in [5.74, 6) is 0. The standard InChI is InChI=1S/C12H25NO/c1-3-4-5-6-7-8-9-10-11-12(2,13)14-11/h11H,3-10,13H2,1-2H3/t11-,12-/m1/s1. The third kappa shape index (κ3) is 4.43. The topological polar surface area (TPSA) is 38.5 Å². The van der Waals surface area contributed by atoms with Crippen LogP contribution >= 0.6 is 0 Å². The molecule has 1 saturated heterocycles. The zero-order valence-corrected chi connectivity index (χ0v) is 9.72. The van der Waals surface area contributed by atoms with E-state index < -0.39 is 0 Å². The van der Waals surface area contributed by atoms with Gasteiger partial charge in [0.1, 0.15) is 11.8 Å². The van der Waals surface area contributed by atoms with Crippen molar-refractivity contribution in [3.8, 4) is 0 Å². The Morgan fingerprint density at radius 1 is 1.07 bits per heavy atom. The lowest BCUT2D eigenvalue weighted by Gasteiger charge is -2.00. The van der Waals surface area contributed by atoms with Crippen molar-refractivity contribution in [2.45, 2.75) is 77.0 Å². The molecule has 0 aromatic heterocycles. The number of rotatable bonds is 8. The number of ether oxygens (including phenoxy) is 1. The van der Waals surface area contributed by atoms with E-state index in [0.717, 1.165) is 6.42 Å². The van der Waals surface area contributed by atoms with Crippen LogP contribution in [-0.4, -0.2) is 11.8 Å². The van der Waals surface area contributed by atoms with E-state index in [1.807, 2.05) is 6.92 Å². The van der Waals surface area contributed by atoms with E-state index in [-0.39, 0.29) is 5.72 Å². The van der Waals surface area contributed by atoms with Gasteiger partial charge in [0.15, 0.2) is 0 Å². The third-order valence-corrected chi connectivity index (χ3v) is 3.05. The van der Waals surface area contributed by atoms with Crippen molar-refractivity contribution >= 4 is 0 Å². The summed E-state index contributed by atoms with van der Waals surface area (Å²) in [7, 11) is 0. The van der Waals surface area contributed by atoms with Crippen LogP contribution in [0.4, 0.5) is 0 Å². The van der Waals surface area contributed by atoms with Crippen LogP contribution in [0.5, 0.6) is 0 Å². The highest BCUT2D eigenvalue weighted by atomic mass is 16.6. The van der Waals surface area contributed by atoms with Crippen LogP contribution in [0.15, 0.2) is 0 Å². The molecule has 0 bridgehead atoms. The second kappa shape index (κ2) is 5.72. The van der Waals surface area contributed by atoms with Crippen molar-refractivity contribution in [2.24, 2.45) is 5.73 Å². The first-order chi connectivity index (χ1) is 6.67. The molecule has 84 valence electrons. The molecule has 0 aromatic rings. The van der Waals surface area contributed by atoms with Gasteiger partial charge in [0.25, 0.3) is 0 Å². The predicted octanol–water partition coefficient (Wildman–Crippen LogP) is 3.20. The molecule has 0 amide bonds. The Morgan fingerprint density at radius 3 is 2.07 bits per heavy atom. The van der Waals surface area contributed by atoms with Crippen LogP contribution in [0, 0.1) is 0 Å². The number of nitrogens with two attached hydrogens (primary N) is 1. The highest BCUT2D eigenvalue weighted by Gasteiger charge is 2.47. The minimum atomic E-state index is -0.289. The minimum absolute atomic E-state index is 0.289. The van der Waals surface area contributed by atoms with E-state index in [0.29, 0.717) is 6.10 Å². The minimum Gasteiger partial charge on any atom is -0.351 e. The molecule has 14 heavy (non-hydrogen) atoms. The zero-order chi connectivity index (χ0) is 10.4. The van der Waals surface area contributed by atoms with Gasteiger partial charge in [0.05, 0.1) is 0 Å². The van der Waals surface area contributed by atoms with Gasteiger partial charge in [0.2, 0.25) is 0 Å². The maximum atomic E-state index is 5.77. The average Bonchev–Trinajstić information content (AvgIpc) is 2.73. The van der Waals surface area contributed by atoms with E-state index >= 15 is 0 Å². The summed E-state index contributed by atoms with van der Waals surface area (Å²) < 4.78 is 5.33. The van der Waals surface area contributed by atoms with E-state index in [1.165, 1.54) is 44.9 Å². The van der Waals surface area contributed by atoms with Crippen LogP contribution in [0.25, 0.3) is 0 Å². The molecule has 2 nitrogen and oxygen atoms in total. The van der Waals surface area contributed by atoms with Crippen molar-refractivity contribution in [2.75, 3.05) is 0 Å². The molecule has 1 heterocycles. The van der Waals surface area contributed by atoms with Gasteiger partial charge in [-0.25, -0.2) is 0 Å². The summed E-state index contributed by atoms with van der Waals surface area (Å²) in [6.45, 7) is 4.23. The fourth-order valence-electron chi connectivity index (χ4n) is 1.90. The zero-order valence-electron chi connectivity index (χ0n) is 9.72. The molecule has 1 rings (SSSR count). The quantitative estimate of drug-likeness (QED) is 0.481. The number of hydrogen-bond donors (Lipinski definition) is 1. The summed E-state index contributed by atoms with van der Waals surface area (Å²) in [5, 5.41) is 0. The van der Waals surface area contributed by atoms with Crippen LogP contribution < -0.4 is 5.73 Å². The molecule has 2 N–H and O–H groups in total. The fraction of sp³-hybridized carbons (Fsp3) is 1.00. The Hall–Kier alpha value is -0.0800. The van der Waals surface area contributed by atoms with Crippen molar-refractivity contribution in [3.63, 3.8) is 0 Å². The molecule has 1 aliphatic rings. The summed E-state index contributed by atoms with van der Waals surface area (Å²) in [4.78, 5) is 0. The van der Waals surface area contributed by atoms with Gasteiger partial charge in [-0.15, -0.1) is 0 Å². The first-order valence-electron chi connectivity index (χ1n) is 6.13. The van der Waals surface area contributed by atoms with E-state index in [1.54, 1.807) is 0 Å². The molecule has 1 aliphatic heterocycles. The predicted molar refractivity (Wildman–Crippen MR) is 60.1 cm³/mol. The smallest absolute Gasteiger partial charge is 0.140 e. The molecule has 1 fully saturated rings. The van der Waals surface area contributed by atoms with Crippen molar-refractivity contribution in [3.05, 3.63) is 0 Å². The van der Waals surface area contributed by atoms with Crippen molar-refractivity contribution in [1.29, 1.82) is 0 Å². The Labute approximate surface area is 88.2 Å². The summed E-state index contributed by atoms with van der Waals surface area (Å²) in [6.07, 6.45) is 11.1. The second-order valence-electron chi connectivity index (χ2n) is 4.70. The second-order valence-corrected chi connectivity index (χ2v) is 4.70. The molecule has 0 unspecified atom stereocenters. The summed E-state index contributed by atoms with van der Waals surface area (Å²) in [5.41, 5.74) is 5.48. The van der Waals surface area contributed by atoms with Gasteiger partial charge in [-0.2, -0.15) is 0 Å². The Kier molecular flexibility index (Phi) is 4.90. The highest BCUT2D eigenvalue weighted by molar-refractivity contribution is 4.92. The van der Waals surface area contributed by atoms with Gasteiger partial charge in [-0.3, -0.25) is 0 Å². The molecular formula is C12H25NO. The fourth-order valence-corrected chi connectivity index (χ4v) is 1.90. The molecular weight excluding hydrogens is 174 g/mol. The monoisotopic (exact) mass is 199 g/mol. The molecule has 2 heteroatoms. The van der Waals surface area contributed by atoms with Crippen molar-refractivity contribution < 1.29 is 4.74 Å². The SMILES string of the molecule is CCCCCCCCC[C@H]1O[C@@]1(C)N. The lowest BCUT2D eigenvalue weighted by atomic mass is 10.1. The molecule has 0 saturated carbocycles. The largest absolute Gasteiger partial charge is 0.351 e. The van der Waals surface area contributed by atoms with Crippen molar-refractivity contribution in [1.82, 2.24) is 0 Å². The van der Waals surface area contributed by atoms with Gasteiger partial charge < -0.3 is 10.5 Å². The number of epoxide rings is 1. The summed E-state index contributed by atoms with van der Waals surface area (Å²) >= 11 is 0. The van der Waals surface area contributed by atoms with Crippen LogP contribution in [-0.2, 0) is 4.74 Å². The molecule has 0 aliphatic carbocycles. The van der Waals surface area contributed by atoms with E-state index in [2.05, 4.69) is 6.92 Å². The van der Waals surface area contributed by atoms with Crippen LogP contribution in [0.3, 0.4) is 0 Å². The number of hydrogen-bond acceptors (Lipinski definition) is 2. The normalized spacial score (nSPS) is 30.6. The van der Waals surface area contributed by atoms with Gasteiger partial charge >= 0.3 is 0 Å². The molecule has 0 radical (unpaired) electrons. The molecule has 0 spiro atoms. The average molecular weight is 199 g/mol. The Morgan fingerprint density at radius 2 is 1.57 bits per heavy atom. The number of unbranched alkanes of at least 4 members (excludes halogenated alkanes) is 6. The summed E-state index contributed by atoms with van der Waals surface area (Å²) in [6, 6.07) is 0. The molecule has 2 atom stereocenters. The lowest BCUT2D eigenvalue weighted by molar-refractivity contribution is 0.309. The Bertz CT molecular complexity index is 156. The first-order valence-corrected chi connectivity index (χ1v) is 6.13. The van der Waals surface area contributed by atoms with Crippen LogP contribution in [0.1, 0.15) is 65.2 Å². The van der Waals surface area contributed by atoms with Gasteiger partial charge in [0, 0.05) is 0 Å². The maximum Gasteiger partial charge on any atom is 0.140 e. The van der Waals surface area contributed by atoms with E-state index in [4.69, 9.17) is 10.5 Å². The first kappa shape index (κ1) is 12.0. The third-order valence-electron chi connectivity index (χ3n) is 3.05. The maximum absolute atomic E-state index is 5.77. The van der Waals surface area contributed by atoms with Gasteiger partial charge in [-0.1, -0.05) is 51.9 Å². The Balaban J connectivity index is 1.77. The van der Waals surface area contributed by atoms with Crippen LogP contribution in [0.2, 0.25) is 0 Å². The highest BCUT2D eigenvalue weighted by Crippen LogP contribution is 2.34. The molecule has 0 aromatic carbocycles. The lowest BCUT2D eigenvalue weighted by Crippen LogP contribution is -2.22.